The molecule has 154 valence electrons. The molecule has 0 aromatic heterocycles. The lowest BCUT2D eigenvalue weighted by molar-refractivity contribution is -0.274. The standard InChI is InChI=1S/C10H7BrO3S.C8H5F3O3/c11-9-6-5-7-3-1-2-4-8(7)10(9)15(12,13)14;9-8(10,11)14-6-3-1-5(2-4-6)7(12)13/h1-6H,(H,12,13,14);1-4H,(H,12,13). The van der Waals surface area contributed by atoms with Crippen LogP contribution in [0.25, 0.3) is 10.8 Å². The molecule has 0 atom stereocenters. The van der Waals surface area contributed by atoms with E-state index in [1.807, 2.05) is 6.07 Å². The summed E-state index contributed by atoms with van der Waals surface area (Å²) < 4.78 is 70.4. The minimum atomic E-state index is -4.76. The molecule has 2 N–H and O–H groups in total. The number of alkyl halides is 3. The first-order valence-corrected chi connectivity index (χ1v) is 9.85. The van der Waals surface area contributed by atoms with Crippen LogP contribution in [0.1, 0.15) is 10.4 Å². The van der Waals surface area contributed by atoms with Gasteiger partial charge in [0.1, 0.15) is 10.6 Å². The highest BCUT2D eigenvalue weighted by Gasteiger charge is 2.31. The molecule has 3 aromatic carbocycles. The van der Waals surface area contributed by atoms with Gasteiger partial charge in [-0.1, -0.05) is 30.3 Å². The number of benzene rings is 3. The van der Waals surface area contributed by atoms with E-state index in [9.17, 15) is 26.4 Å². The molecule has 0 aliphatic heterocycles. The Morgan fingerprint density at radius 2 is 1.55 bits per heavy atom. The van der Waals surface area contributed by atoms with Crippen LogP contribution in [0.2, 0.25) is 0 Å². The van der Waals surface area contributed by atoms with Crippen LogP contribution in [-0.2, 0) is 10.1 Å². The van der Waals surface area contributed by atoms with Crippen LogP contribution in [0, 0.1) is 0 Å². The zero-order valence-electron chi connectivity index (χ0n) is 14.2. The Balaban J connectivity index is 0.000000208. The van der Waals surface area contributed by atoms with Gasteiger partial charge in [0.2, 0.25) is 0 Å². The van der Waals surface area contributed by atoms with Gasteiger partial charge in [-0.3, -0.25) is 4.55 Å². The van der Waals surface area contributed by atoms with Crippen molar-refractivity contribution in [1.29, 1.82) is 0 Å². The van der Waals surface area contributed by atoms with Crippen LogP contribution < -0.4 is 4.74 Å². The third kappa shape index (κ3) is 6.44. The monoisotopic (exact) mass is 492 g/mol. The van der Waals surface area contributed by atoms with Crippen LogP contribution in [0.15, 0.2) is 70.0 Å². The minimum absolute atomic E-state index is 0.0828. The topological polar surface area (TPSA) is 101 Å². The maximum Gasteiger partial charge on any atom is 0.573 e. The van der Waals surface area contributed by atoms with Crippen molar-refractivity contribution in [2.45, 2.75) is 11.3 Å². The number of carboxylic acid groups (broad SMARTS) is 1. The summed E-state index contributed by atoms with van der Waals surface area (Å²) in [5.74, 6) is -1.65. The van der Waals surface area contributed by atoms with E-state index in [2.05, 4.69) is 20.7 Å². The molecule has 0 aliphatic rings. The Bertz CT molecular complexity index is 1130. The van der Waals surface area contributed by atoms with Crippen molar-refractivity contribution in [3.63, 3.8) is 0 Å². The second-order valence-corrected chi connectivity index (χ2v) is 7.66. The Hall–Kier alpha value is -2.63. The quantitative estimate of drug-likeness (QED) is 0.491. The van der Waals surface area contributed by atoms with Crippen LogP contribution in [0.4, 0.5) is 13.2 Å². The van der Waals surface area contributed by atoms with E-state index in [1.54, 1.807) is 30.3 Å². The molecule has 0 unspecified atom stereocenters. The third-order valence-corrected chi connectivity index (χ3v) is 5.30. The maximum atomic E-state index is 11.7. The lowest BCUT2D eigenvalue weighted by atomic mass is 10.1. The highest BCUT2D eigenvalue weighted by molar-refractivity contribution is 9.10. The fourth-order valence-electron chi connectivity index (χ4n) is 2.28. The normalized spacial score (nSPS) is 11.5. The zero-order valence-corrected chi connectivity index (χ0v) is 16.6. The summed E-state index contributed by atoms with van der Waals surface area (Å²) in [5.41, 5.74) is -0.0977. The summed E-state index contributed by atoms with van der Waals surface area (Å²) in [6.45, 7) is 0. The molecule has 3 aromatic rings. The Morgan fingerprint density at radius 3 is 2.07 bits per heavy atom. The van der Waals surface area contributed by atoms with Crippen LogP contribution >= 0.6 is 15.9 Å². The number of ether oxygens (including phenoxy) is 1. The number of carboxylic acids is 1. The van der Waals surface area contributed by atoms with E-state index in [0.717, 1.165) is 29.7 Å². The van der Waals surface area contributed by atoms with Crippen molar-refractivity contribution >= 4 is 42.8 Å². The molecule has 0 spiro atoms. The molecule has 0 amide bonds. The summed E-state index contributed by atoms with van der Waals surface area (Å²) in [6.07, 6.45) is -4.76. The van der Waals surface area contributed by atoms with Gasteiger partial charge in [0.05, 0.1) is 5.56 Å². The lowest BCUT2D eigenvalue weighted by Gasteiger charge is -2.08. The van der Waals surface area contributed by atoms with E-state index in [4.69, 9.17) is 9.66 Å². The number of fused-ring (bicyclic) bond motifs is 1. The fraction of sp³-hybridized carbons (Fsp3) is 0.0556. The summed E-state index contributed by atoms with van der Waals surface area (Å²) in [5, 5.41) is 9.73. The second-order valence-electron chi connectivity index (χ2n) is 5.45. The van der Waals surface area contributed by atoms with Gasteiger partial charge < -0.3 is 9.84 Å². The van der Waals surface area contributed by atoms with E-state index >= 15 is 0 Å². The molecule has 29 heavy (non-hydrogen) atoms. The van der Waals surface area contributed by atoms with Crippen LogP contribution in [0.3, 0.4) is 0 Å². The lowest BCUT2D eigenvalue weighted by Crippen LogP contribution is -2.17. The average molecular weight is 493 g/mol. The molecular weight excluding hydrogens is 481 g/mol. The molecule has 11 heteroatoms. The molecular formula is C18H12BrF3O6S. The first-order chi connectivity index (χ1) is 13.4. The van der Waals surface area contributed by atoms with Gasteiger partial charge in [-0.25, -0.2) is 4.79 Å². The third-order valence-electron chi connectivity index (χ3n) is 3.42. The molecule has 0 saturated heterocycles. The summed E-state index contributed by atoms with van der Waals surface area (Å²) in [6, 6.07) is 14.3. The van der Waals surface area contributed by atoms with Gasteiger partial charge in [0.15, 0.2) is 0 Å². The number of halogens is 4. The first kappa shape index (κ1) is 22.7. The van der Waals surface area contributed by atoms with Crippen molar-refractivity contribution < 1.29 is 40.8 Å². The van der Waals surface area contributed by atoms with Gasteiger partial charge >= 0.3 is 12.3 Å². The van der Waals surface area contributed by atoms with Crippen LogP contribution in [0.5, 0.6) is 5.75 Å². The minimum Gasteiger partial charge on any atom is -0.478 e. The molecule has 0 radical (unpaired) electrons. The molecule has 0 saturated carbocycles. The number of rotatable bonds is 3. The number of hydrogen-bond acceptors (Lipinski definition) is 4. The largest absolute Gasteiger partial charge is 0.573 e. The van der Waals surface area contributed by atoms with E-state index in [-0.39, 0.29) is 10.5 Å². The molecule has 0 aliphatic carbocycles. The predicted octanol–water partition coefficient (Wildman–Crippen LogP) is 5.13. The number of aromatic carboxylic acids is 1. The molecule has 0 bridgehead atoms. The first-order valence-electron chi connectivity index (χ1n) is 7.62. The van der Waals surface area contributed by atoms with Gasteiger partial charge in [0.25, 0.3) is 10.1 Å². The van der Waals surface area contributed by atoms with Gasteiger partial charge in [-0.05, 0) is 51.6 Å². The van der Waals surface area contributed by atoms with Gasteiger partial charge in [-0.2, -0.15) is 8.42 Å². The van der Waals surface area contributed by atoms with Crippen molar-refractivity contribution in [3.05, 3.63) is 70.7 Å². The fourth-order valence-corrected chi connectivity index (χ4v) is 4.02. The second kappa shape index (κ2) is 8.80. The predicted molar refractivity (Wildman–Crippen MR) is 102 cm³/mol. The van der Waals surface area contributed by atoms with E-state index < -0.39 is 28.2 Å². The van der Waals surface area contributed by atoms with Crippen molar-refractivity contribution in [3.8, 4) is 5.75 Å². The van der Waals surface area contributed by atoms with Gasteiger partial charge in [0, 0.05) is 9.86 Å². The van der Waals surface area contributed by atoms with Crippen molar-refractivity contribution in [1.82, 2.24) is 0 Å². The molecule has 6 nitrogen and oxygen atoms in total. The SMILES string of the molecule is O=C(O)c1ccc(OC(F)(F)F)cc1.O=S(=O)(O)c1c(Br)ccc2ccccc12. The maximum absolute atomic E-state index is 11.7. The summed E-state index contributed by atoms with van der Waals surface area (Å²) in [7, 11) is -4.21. The Labute approximate surface area is 171 Å². The van der Waals surface area contributed by atoms with Crippen molar-refractivity contribution in [2.24, 2.45) is 0 Å². The zero-order chi connectivity index (χ0) is 21.8. The molecule has 0 fully saturated rings. The van der Waals surface area contributed by atoms with Crippen molar-refractivity contribution in [2.75, 3.05) is 0 Å². The van der Waals surface area contributed by atoms with Crippen LogP contribution in [-0.4, -0.2) is 30.4 Å². The summed E-state index contributed by atoms with van der Waals surface area (Å²) >= 11 is 3.11. The smallest absolute Gasteiger partial charge is 0.478 e. The van der Waals surface area contributed by atoms with Gasteiger partial charge in [-0.15, -0.1) is 13.2 Å². The summed E-state index contributed by atoms with van der Waals surface area (Å²) in [4.78, 5) is 10.3. The number of carbonyl (C=O) groups is 1. The highest BCUT2D eigenvalue weighted by atomic mass is 79.9. The highest BCUT2D eigenvalue weighted by Crippen LogP contribution is 2.30. The molecule has 3 rings (SSSR count). The Morgan fingerprint density at radius 1 is 0.966 bits per heavy atom. The molecule has 0 heterocycles. The average Bonchev–Trinajstić information content (AvgIpc) is 2.60. The van der Waals surface area contributed by atoms with E-state index in [0.29, 0.717) is 9.86 Å². The Kier molecular flexibility index (Phi) is 6.88. The van der Waals surface area contributed by atoms with E-state index in [1.165, 1.54) is 0 Å². The number of hydrogen-bond donors (Lipinski definition) is 2.